The van der Waals surface area contributed by atoms with Crippen molar-refractivity contribution in [3.05, 3.63) is 70.4 Å². The van der Waals surface area contributed by atoms with E-state index in [2.05, 4.69) is 39.2 Å². The van der Waals surface area contributed by atoms with Crippen LogP contribution in [0.4, 0.5) is 0 Å². The highest BCUT2D eigenvalue weighted by Gasteiger charge is 2.22. The molecule has 0 aliphatic carbocycles. The van der Waals surface area contributed by atoms with Gasteiger partial charge < -0.3 is 5.32 Å². The smallest absolute Gasteiger partial charge is 0.251 e. The van der Waals surface area contributed by atoms with Crippen molar-refractivity contribution in [3.8, 4) is 0 Å². The van der Waals surface area contributed by atoms with Gasteiger partial charge in [0.1, 0.15) is 0 Å². The number of carbonyl (C=O) groups excluding carboxylic acids is 1. The molecule has 1 aliphatic rings. The molecule has 1 aromatic heterocycles. The first-order valence-electron chi connectivity index (χ1n) is 9.84. The van der Waals surface area contributed by atoms with E-state index in [1.165, 1.54) is 31.2 Å². The van der Waals surface area contributed by atoms with E-state index in [4.69, 9.17) is 0 Å². The Morgan fingerprint density at radius 1 is 1.00 bits per heavy atom. The first kappa shape index (κ1) is 18.2. The molecule has 3 aromatic rings. The second-order valence-corrected chi connectivity index (χ2v) is 8.07. The van der Waals surface area contributed by atoms with Crippen molar-refractivity contribution in [1.82, 2.24) is 10.2 Å². The summed E-state index contributed by atoms with van der Waals surface area (Å²) in [5.41, 5.74) is 2.05. The molecule has 1 unspecified atom stereocenters. The van der Waals surface area contributed by atoms with E-state index < -0.39 is 0 Å². The number of hydrogen-bond donors (Lipinski definition) is 1. The summed E-state index contributed by atoms with van der Waals surface area (Å²) in [4.78, 5) is 15.3. The van der Waals surface area contributed by atoms with Gasteiger partial charge in [0, 0.05) is 12.1 Å². The number of fused-ring (bicyclic) bond motifs is 1. The van der Waals surface area contributed by atoms with Gasteiger partial charge in [-0.3, -0.25) is 9.69 Å². The predicted octanol–water partition coefficient (Wildman–Crippen LogP) is 5.25. The van der Waals surface area contributed by atoms with Gasteiger partial charge in [-0.05, 0) is 71.2 Å². The summed E-state index contributed by atoms with van der Waals surface area (Å²) < 4.78 is 0. The molecule has 140 valence electrons. The van der Waals surface area contributed by atoms with Crippen molar-refractivity contribution < 1.29 is 4.79 Å². The van der Waals surface area contributed by atoms with Crippen LogP contribution in [-0.4, -0.2) is 30.4 Å². The fourth-order valence-corrected chi connectivity index (χ4v) is 4.66. The summed E-state index contributed by atoms with van der Waals surface area (Å²) in [5.74, 6) is 0.0100. The van der Waals surface area contributed by atoms with Gasteiger partial charge in [0.15, 0.2) is 0 Å². The maximum atomic E-state index is 12.8. The van der Waals surface area contributed by atoms with Gasteiger partial charge in [-0.25, -0.2) is 0 Å². The van der Waals surface area contributed by atoms with Crippen LogP contribution in [-0.2, 0) is 0 Å². The Morgan fingerprint density at radius 3 is 2.52 bits per heavy atom. The second-order valence-electron chi connectivity index (χ2n) is 7.29. The van der Waals surface area contributed by atoms with E-state index in [1.807, 2.05) is 30.3 Å². The summed E-state index contributed by atoms with van der Waals surface area (Å²) in [6.07, 6.45) is 5.13. The van der Waals surface area contributed by atoms with Crippen LogP contribution in [0.1, 0.15) is 47.6 Å². The normalized spacial score (nSPS) is 16.7. The third-order valence-electron chi connectivity index (χ3n) is 5.48. The van der Waals surface area contributed by atoms with Crippen LogP contribution in [0.5, 0.6) is 0 Å². The molecule has 1 fully saturated rings. The third-order valence-corrected chi connectivity index (χ3v) is 6.18. The molecule has 1 saturated heterocycles. The number of thiophene rings is 1. The Balaban J connectivity index is 1.48. The van der Waals surface area contributed by atoms with Gasteiger partial charge in [0.25, 0.3) is 5.91 Å². The number of amides is 1. The fourth-order valence-electron chi connectivity index (χ4n) is 3.95. The number of nitrogens with one attached hydrogen (secondary N) is 1. The zero-order valence-electron chi connectivity index (χ0n) is 15.6. The Kier molecular flexibility index (Phi) is 5.85. The number of carbonyl (C=O) groups is 1. The van der Waals surface area contributed by atoms with Gasteiger partial charge >= 0.3 is 0 Å². The minimum Gasteiger partial charge on any atom is -0.350 e. The lowest BCUT2D eigenvalue weighted by atomic mass is 10.1. The average Bonchev–Trinajstić information content (AvgIpc) is 3.10. The molecule has 1 aliphatic heterocycles. The quantitative estimate of drug-likeness (QED) is 0.658. The van der Waals surface area contributed by atoms with Crippen LogP contribution in [0.2, 0.25) is 0 Å². The van der Waals surface area contributed by atoms with Crippen molar-refractivity contribution >= 4 is 28.0 Å². The van der Waals surface area contributed by atoms with Crippen molar-refractivity contribution in [2.75, 3.05) is 19.6 Å². The first-order valence-corrected chi connectivity index (χ1v) is 10.8. The Labute approximate surface area is 165 Å². The van der Waals surface area contributed by atoms with Crippen molar-refractivity contribution in [2.24, 2.45) is 0 Å². The molecule has 0 bridgehead atoms. The van der Waals surface area contributed by atoms with E-state index in [9.17, 15) is 4.79 Å². The van der Waals surface area contributed by atoms with Crippen LogP contribution < -0.4 is 5.32 Å². The van der Waals surface area contributed by atoms with Gasteiger partial charge in [0.2, 0.25) is 0 Å². The molecule has 27 heavy (non-hydrogen) atoms. The van der Waals surface area contributed by atoms with Gasteiger partial charge in [0.05, 0.1) is 6.04 Å². The molecule has 1 N–H and O–H groups in total. The molecule has 1 amide bonds. The van der Waals surface area contributed by atoms with E-state index >= 15 is 0 Å². The number of hydrogen-bond acceptors (Lipinski definition) is 3. The highest BCUT2D eigenvalue weighted by Crippen LogP contribution is 2.25. The lowest BCUT2D eigenvalue weighted by Gasteiger charge is -2.30. The van der Waals surface area contributed by atoms with Crippen molar-refractivity contribution in [1.29, 1.82) is 0 Å². The third kappa shape index (κ3) is 4.40. The highest BCUT2D eigenvalue weighted by molar-refractivity contribution is 7.07. The number of likely N-dealkylation sites (tertiary alicyclic amines) is 1. The minimum atomic E-state index is 0.0100. The van der Waals surface area contributed by atoms with E-state index in [0.29, 0.717) is 6.54 Å². The molecular formula is C23H26N2OS. The van der Waals surface area contributed by atoms with Crippen LogP contribution in [0.25, 0.3) is 10.8 Å². The zero-order valence-corrected chi connectivity index (χ0v) is 16.4. The maximum Gasteiger partial charge on any atom is 0.251 e. The molecule has 1 atom stereocenters. The van der Waals surface area contributed by atoms with Crippen molar-refractivity contribution in [2.45, 2.75) is 31.7 Å². The lowest BCUT2D eigenvalue weighted by molar-refractivity contribution is 0.0933. The van der Waals surface area contributed by atoms with Crippen LogP contribution >= 0.6 is 11.3 Å². The molecule has 0 spiro atoms. The SMILES string of the molecule is O=C(NCC(c1ccsc1)N1CCCCCC1)c1ccc2ccccc2c1. The number of benzene rings is 2. The summed E-state index contributed by atoms with van der Waals surface area (Å²) >= 11 is 1.73. The molecule has 2 heterocycles. The largest absolute Gasteiger partial charge is 0.350 e. The zero-order chi connectivity index (χ0) is 18.5. The maximum absolute atomic E-state index is 12.8. The summed E-state index contributed by atoms with van der Waals surface area (Å²) in [5, 5.41) is 9.81. The summed E-state index contributed by atoms with van der Waals surface area (Å²) in [6, 6.07) is 16.5. The van der Waals surface area contributed by atoms with E-state index in [-0.39, 0.29) is 11.9 Å². The van der Waals surface area contributed by atoms with E-state index in [1.54, 1.807) is 11.3 Å². The Bertz CT molecular complexity index is 882. The monoisotopic (exact) mass is 378 g/mol. The standard InChI is InChI=1S/C23H26N2OS/c26-23(20-10-9-18-7-3-4-8-19(18)15-20)24-16-22(21-11-14-27-17-21)25-12-5-1-2-6-13-25/h3-4,7-11,14-15,17,22H,1-2,5-6,12-13,16H2,(H,24,26). The first-order chi connectivity index (χ1) is 13.3. The molecule has 4 heteroatoms. The molecule has 0 saturated carbocycles. The summed E-state index contributed by atoms with van der Waals surface area (Å²) in [7, 11) is 0. The number of nitrogens with zero attached hydrogens (tertiary/aromatic N) is 1. The predicted molar refractivity (Wildman–Crippen MR) is 113 cm³/mol. The van der Waals surface area contributed by atoms with Crippen LogP contribution in [0, 0.1) is 0 Å². The Hall–Kier alpha value is -2.17. The Morgan fingerprint density at radius 2 is 1.78 bits per heavy atom. The fraction of sp³-hybridized carbons (Fsp3) is 0.348. The second kappa shape index (κ2) is 8.68. The minimum absolute atomic E-state index is 0.0100. The van der Waals surface area contributed by atoms with Crippen molar-refractivity contribution in [3.63, 3.8) is 0 Å². The number of rotatable bonds is 5. The molecule has 2 aromatic carbocycles. The lowest BCUT2D eigenvalue weighted by Crippen LogP contribution is -2.38. The van der Waals surface area contributed by atoms with E-state index in [0.717, 1.165) is 29.4 Å². The average molecular weight is 379 g/mol. The van der Waals surface area contributed by atoms with Gasteiger partial charge in [-0.15, -0.1) is 0 Å². The topological polar surface area (TPSA) is 32.3 Å². The molecular weight excluding hydrogens is 352 g/mol. The highest BCUT2D eigenvalue weighted by atomic mass is 32.1. The molecule has 0 radical (unpaired) electrons. The molecule has 4 rings (SSSR count). The van der Waals surface area contributed by atoms with Gasteiger partial charge in [-0.2, -0.15) is 11.3 Å². The molecule has 3 nitrogen and oxygen atoms in total. The van der Waals surface area contributed by atoms with Gasteiger partial charge in [-0.1, -0.05) is 43.2 Å². The van der Waals surface area contributed by atoms with Crippen LogP contribution in [0.15, 0.2) is 59.3 Å². The summed E-state index contributed by atoms with van der Waals surface area (Å²) in [6.45, 7) is 2.89. The van der Waals surface area contributed by atoms with Crippen LogP contribution in [0.3, 0.4) is 0 Å².